The number of ether oxygens (including phenoxy) is 3. The first kappa shape index (κ1) is 27.4. The normalized spacial score (nSPS) is 14.6. The highest BCUT2D eigenvalue weighted by Crippen LogP contribution is 2.43. The molecule has 1 heterocycles. The Balaban J connectivity index is 1.62. The van der Waals surface area contributed by atoms with E-state index in [2.05, 4.69) is 0 Å². The van der Waals surface area contributed by atoms with Crippen LogP contribution in [-0.2, 0) is 20.9 Å². The van der Waals surface area contributed by atoms with E-state index in [-0.39, 0.29) is 30.6 Å². The molecule has 1 aliphatic rings. The van der Waals surface area contributed by atoms with Gasteiger partial charge in [-0.25, -0.2) is 4.79 Å². The third kappa shape index (κ3) is 5.75. The average Bonchev–Trinajstić information content (AvgIpc) is 3.32. The molecule has 0 bridgehead atoms. The zero-order valence-electron chi connectivity index (χ0n) is 22.9. The predicted molar refractivity (Wildman–Crippen MR) is 157 cm³/mol. The quantitative estimate of drug-likeness (QED) is 0.181. The highest BCUT2D eigenvalue weighted by molar-refractivity contribution is 6.22. The fourth-order valence-electron chi connectivity index (χ4n) is 4.82. The van der Waals surface area contributed by atoms with Crippen molar-refractivity contribution in [3.8, 4) is 5.75 Å². The van der Waals surface area contributed by atoms with Crippen molar-refractivity contribution in [1.82, 2.24) is 0 Å². The number of carbonyl (C=O) groups is 2. The molecule has 5 rings (SSSR count). The minimum Gasteiger partial charge on any atom is -0.497 e. The number of rotatable bonds is 10. The van der Waals surface area contributed by atoms with Gasteiger partial charge in [0.25, 0.3) is 5.91 Å². The molecule has 7 heteroatoms. The molecule has 0 fully saturated rings. The van der Waals surface area contributed by atoms with Crippen molar-refractivity contribution in [2.45, 2.75) is 19.6 Å². The molecule has 0 spiro atoms. The van der Waals surface area contributed by atoms with E-state index in [1.807, 2.05) is 60.7 Å². The number of nitrogens with zero attached hydrogens (tertiary/aromatic N) is 1. The number of esters is 1. The molecular formula is C34H30N2O5. The third-order valence-corrected chi connectivity index (χ3v) is 6.84. The molecule has 4 aromatic rings. The number of anilines is 1. The lowest BCUT2D eigenvalue weighted by atomic mass is 9.92. The zero-order valence-corrected chi connectivity index (χ0v) is 22.9. The third-order valence-electron chi connectivity index (χ3n) is 6.84. The molecule has 1 atom stereocenters. The molecule has 1 unspecified atom stereocenters. The Morgan fingerprint density at radius 3 is 2.05 bits per heavy atom. The molecule has 1 N–H and O–H groups in total. The summed E-state index contributed by atoms with van der Waals surface area (Å²) in [6.07, 6.45) is 0. The van der Waals surface area contributed by atoms with Crippen LogP contribution in [0.15, 0.2) is 121 Å². The molecule has 41 heavy (non-hydrogen) atoms. The summed E-state index contributed by atoms with van der Waals surface area (Å²) in [5, 5.41) is 9.31. The Labute approximate surface area is 239 Å². The second-order valence-corrected chi connectivity index (χ2v) is 9.38. The smallest absolute Gasteiger partial charge is 0.338 e. The van der Waals surface area contributed by atoms with Crippen LogP contribution < -0.4 is 9.64 Å². The van der Waals surface area contributed by atoms with Gasteiger partial charge in [-0.1, -0.05) is 60.7 Å². The van der Waals surface area contributed by atoms with E-state index < -0.39 is 12.0 Å². The molecule has 7 nitrogen and oxygen atoms in total. The molecule has 1 amide bonds. The number of hydrogen-bond acceptors (Lipinski definition) is 6. The van der Waals surface area contributed by atoms with Gasteiger partial charge in [-0.2, -0.15) is 0 Å². The minimum atomic E-state index is -0.641. The molecule has 206 valence electrons. The standard InChI is InChI=1S/C34H30N2O5/c1-3-40-34(38)26-14-18-27(19-15-26)36-31(25-12-8-5-9-13-25)29(30(35)24-16-20-28(39-2)21-17-24)32(33(36)37)41-22-23-10-6-4-7-11-23/h4-21,31,35H,3,22H2,1-2H3. The maximum atomic E-state index is 14.2. The first-order valence-electron chi connectivity index (χ1n) is 13.3. The lowest BCUT2D eigenvalue weighted by Gasteiger charge is -2.27. The number of benzene rings is 4. The van der Waals surface area contributed by atoms with Gasteiger partial charge in [0.1, 0.15) is 12.4 Å². The van der Waals surface area contributed by atoms with E-state index in [1.54, 1.807) is 67.5 Å². The number of amides is 1. The maximum absolute atomic E-state index is 14.2. The summed E-state index contributed by atoms with van der Waals surface area (Å²) in [4.78, 5) is 28.1. The van der Waals surface area contributed by atoms with Crippen molar-refractivity contribution in [3.05, 3.63) is 143 Å². The van der Waals surface area contributed by atoms with Crippen molar-refractivity contribution in [2.75, 3.05) is 18.6 Å². The van der Waals surface area contributed by atoms with E-state index >= 15 is 0 Å². The van der Waals surface area contributed by atoms with Crippen LogP contribution in [-0.4, -0.2) is 31.3 Å². The van der Waals surface area contributed by atoms with Crippen LogP contribution in [0.25, 0.3) is 0 Å². The summed E-state index contributed by atoms with van der Waals surface area (Å²) in [6, 6.07) is 32.4. The van der Waals surface area contributed by atoms with Crippen molar-refractivity contribution < 1.29 is 23.8 Å². The maximum Gasteiger partial charge on any atom is 0.338 e. The van der Waals surface area contributed by atoms with Crippen molar-refractivity contribution >= 4 is 23.3 Å². The van der Waals surface area contributed by atoms with E-state index in [0.29, 0.717) is 28.1 Å². The lowest BCUT2D eigenvalue weighted by molar-refractivity contribution is -0.118. The van der Waals surface area contributed by atoms with Gasteiger partial charge < -0.3 is 14.2 Å². The molecule has 0 saturated carbocycles. The molecular weight excluding hydrogens is 516 g/mol. The Bertz CT molecular complexity index is 1560. The summed E-state index contributed by atoms with van der Waals surface area (Å²) in [7, 11) is 1.59. The Hall–Kier alpha value is -5.17. The zero-order chi connectivity index (χ0) is 28.8. The molecule has 0 aliphatic carbocycles. The first-order valence-corrected chi connectivity index (χ1v) is 13.3. The van der Waals surface area contributed by atoms with Gasteiger partial charge in [0.2, 0.25) is 0 Å². The van der Waals surface area contributed by atoms with Crippen LogP contribution in [0.2, 0.25) is 0 Å². The van der Waals surface area contributed by atoms with E-state index in [1.165, 1.54) is 0 Å². The van der Waals surface area contributed by atoms with Gasteiger partial charge in [-0.05, 0) is 66.6 Å². The molecule has 4 aromatic carbocycles. The molecule has 1 aliphatic heterocycles. The summed E-state index contributed by atoms with van der Waals surface area (Å²) < 4.78 is 16.7. The van der Waals surface area contributed by atoms with Gasteiger partial charge in [-0.15, -0.1) is 0 Å². The number of nitrogens with one attached hydrogen (secondary N) is 1. The highest BCUT2D eigenvalue weighted by atomic mass is 16.5. The molecule has 0 saturated heterocycles. The fraction of sp³-hybridized carbons (Fsp3) is 0.147. The Morgan fingerprint density at radius 2 is 1.44 bits per heavy atom. The SMILES string of the molecule is CCOC(=O)c1ccc(N2C(=O)C(OCc3ccccc3)=C(C(=N)c3ccc(OC)cc3)C2c2ccccc2)cc1. The number of methoxy groups -OCH3 is 1. The van der Waals surface area contributed by atoms with Crippen LogP contribution in [0, 0.1) is 5.41 Å². The van der Waals surface area contributed by atoms with E-state index in [9.17, 15) is 15.0 Å². The van der Waals surface area contributed by atoms with Crippen LogP contribution in [0.4, 0.5) is 5.69 Å². The minimum absolute atomic E-state index is 0.109. The van der Waals surface area contributed by atoms with Crippen LogP contribution >= 0.6 is 0 Å². The van der Waals surface area contributed by atoms with Crippen LogP contribution in [0.1, 0.15) is 40.0 Å². The second kappa shape index (κ2) is 12.3. The lowest BCUT2D eigenvalue weighted by Crippen LogP contribution is -2.31. The van der Waals surface area contributed by atoms with Crippen LogP contribution in [0.5, 0.6) is 5.75 Å². The van der Waals surface area contributed by atoms with Crippen molar-refractivity contribution in [3.63, 3.8) is 0 Å². The summed E-state index contributed by atoms with van der Waals surface area (Å²) in [5.41, 5.74) is 3.92. The van der Waals surface area contributed by atoms with E-state index in [4.69, 9.17) is 14.2 Å². The van der Waals surface area contributed by atoms with Crippen molar-refractivity contribution in [2.24, 2.45) is 0 Å². The highest BCUT2D eigenvalue weighted by Gasteiger charge is 2.44. The molecule has 0 aromatic heterocycles. The number of carbonyl (C=O) groups excluding carboxylic acids is 2. The average molecular weight is 547 g/mol. The van der Waals surface area contributed by atoms with Gasteiger partial charge in [0.05, 0.1) is 36.6 Å². The second-order valence-electron chi connectivity index (χ2n) is 9.38. The largest absolute Gasteiger partial charge is 0.497 e. The predicted octanol–water partition coefficient (Wildman–Crippen LogP) is 6.50. The van der Waals surface area contributed by atoms with Gasteiger partial charge >= 0.3 is 5.97 Å². The molecule has 0 radical (unpaired) electrons. The Kier molecular flexibility index (Phi) is 8.25. The van der Waals surface area contributed by atoms with Gasteiger partial charge in [-0.3, -0.25) is 15.1 Å². The fourth-order valence-corrected chi connectivity index (χ4v) is 4.82. The first-order chi connectivity index (χ1) is 20.0. The Morgan fingerprint density at radius 1 is 0.829 bits per heavy atom. The topological polar surface area (TPSA) is 88.9 Å². The van der Waals surface area contributed by atoms with Crippen LogP contribution in [0.3, 0.4) is 0 Å². The van der Waals surface area contributed by atoms with Gasteiger partial charge in [0.15, 0.2) is 5.76 Å². The summed E-state index contributed by atoms with van der Waals surface area (Å²) >= 11 is 0. The number of hydrogen-bond donors (Lipinski definition) is 1. The monoisotopic (exact) mass is 546 g/mol. The van der Waals surface area contributed by atoms with Crippen molar-refractivity contribution in [1.29, 1.82) is 5.41 Å². The van der Waals surface area contributed by atoms with E-state index in [0.717, 1.165) is 11.1 Å². The summed E-state index contributed by atoms with van der Waals surface area (Å²) in [5.74, 6) is -0.0233. The van der Waals surface area contributed by atoms with Gasteiger partial charge in [0, 0.05) is 11.3 Å². The summed E-state index contributed by atoms with van der Waals surface area (Å²) in [6.45, 7) is 2.18.